The van der Waals surface area contributed by atoms with E-state index in [2.05, 4.69) is 0 Å². The van der Waals surface area contributed by atoms with Crippen LogP contribution in [0.2, 0.25) is 0 Å². The maximum Gasteiger partial charge on any atom is 0.221 e. The first-order valence-corrected chi connectivity index (χ1v) is 6.29. The molecule has 0 aliphatic rings. The van der Waals surface area contributed by atoms with Gasteiger partial charge in [0.15, 0.2) is 0 Å². The van der Waals surface area contributed by atoms with E-state index in [9.17, 15) is 9.59 Å². The Balaban J connectivity index is 2.15. The molecule has 0 atom stereocenters. The normalized spacial score (nSPS) is 10.2. The zero-order chi connectivity index (χ0) is 14.5. The molecule has 0 unspecified atom stereocenters. The van der Waals surface area contributed by atoms with Crippen molar-refractivity contribution >= 4 is 11.8 Å². The molecule has 2 rings (SSSR count). The summed E-state index contributed by atoms with van der Waals surface area (Å²) in [5, 5.41) is 0. The molecule has 0 heterocycles. The van der Waals surface area contributed by atoms with Gasteiger partial charge in [0, 0.05) is 0 Å². The second-order valence-electron chi connectivity index (χ2n) is 4.68. The van der Waals surface area contributed by atoms with Crippen molar-refractivity contribution in [3.63, 3.8) is 0 Å². The van der Waals surface area contributed by atoms with E-state index in [1.807, 2.05) is 48.5 Å². The SMILES string of the molecule is NC(=O)Cc1ccc(-c2ccc(CC(N)=O)cc2)cc1. The summed E-state index contributed by atoms with van der Waals surface area (Å²) in [6, 6.07) is 15.3. The largest absolute Gasteiger partial charge is 0.369 e. The Labute approximate surface area is 117 Å². The highest BCUT2D eigenvalue weighted by atomic mass is 16.1. The highest BCUT2D eigenvalue weighted by Gasteiger charge is 2.02. The molecular formula is C16H16N2O2. The van der Waals surface area contributed by atoms with Crippen LogP contribution in [0.1, 0.15) is 11.1 Å². The number of nitrogens with two attached hydrogens (primary N) is 2. The first-order chi connectivity index (χ1) is 9.54. The lowest BCUT2D eigenvalue weighted by atomic mass is 10.0. The van der Waals surface area contributed by atoms with Gasteiger partial charge in [0.1, 0.15) is 0 Å². The zero-order valence-electron chi connectivity index (χ0n) is 11.0. The van der Waals surface area contributed by atoms with Gasteiger partial charge in [-0.05, 0) is 22.3 Å². The second-order valence-corrected chi connectivity index (χ2v) is 4.68. The summed E-state index contributed by atoms with van der Waals surface area (Å²) in [6.07, 6.45) is 0.496. The quantitative estimate of drug-likeness (QED) is 0.859. The predicted octanol–water partition coefficient (Wildman–Crippen LogP) is 1.41. The molecule has 0 spiro atoms. The van der Waals surface area contributed by atoms with Crippen molar-refractivity contribution in [2.75, 3.05) is 0 Å². The Bertz CT molecular complexity index is 558. The van der Waals surface area contributed by atoms with Crippen LogP contribution in [0.5, 0.6) is 0 Å². The van der Waals surface area contributed by atoms with Crippen molar-refractivity contribution in [1.29, 1.82) is 0 Å². The molecule has 0 bridgehead atoms. The van der Waals surface area contributed by atoms with Crippen LogP contribution >= 0.6 is 0 Å². The number of benzene rings is 2. The van der Waals surface area contributed by atoms with Crippen molar-refractivity contribution < 1.29 is 9.59 Å². The molecule has 4 N–H and O–H groups in total. The van der Waals surface area contributed by atoms with Crippen molar-refractivity contribution in [2.45, 2.75) is 12.8 Å². The van der Waals surface area contributed by atoms with Crippen LogP contribution in [-0.2, 0) is 22.4 Å². The number of carbonyl (C=O) groups excluding carboxylic acids is 2. The number of amides is 2. The van der Waals surface area contributed by atoms with Crippen LogP contribution in [0.4, 0.5) is 0 Å². The third-order valence-corrected chi connectivity index (χ3v) is 3.00. The van der Waals surface area contributed by atoms with Crippen molar-refractivity contribution in [3.8, 4) is 11.1 Å². The van der Waals surface area contributed by atoms with E-state index < -0.39 is 0 Å². The summed E-state index contributed by atoms with van der Waals surface area (Å²) in [5.74, 6) is -0.679. The van der Waals surface area contributed by atoms with Gasteiger partial charge in [0.2, 0.25) is 11.8 Å². The van der Waals surface area contributed by atoms with Crippen LogP contribution < -0.4 is 11.5 Å². The Kier molecular flexibility index (Phi) is 4.15. The Hall–Kier alpha value is -2.62. The lowest BCUT2D eigenvalue weighted by Gasteiger charge is -2.05. The fourth-order valence-corrected chi connectivity index (χ4v) is 2.03. The van der Waals surface area contributed by atoms with E-state index in [4.69, 9.17) is 11.5 Å². The summed E-state index contributed by atoms with van der Waals surface area (Å²) < 4.78 is 0. The Morgan fingerprint density at radius 3 is 1.20 bits per heavy atom. The predicted molar refractivity (Wildman–Crippen MR) is 77.7 cm³/mol. The number of hydrogen-bond donors (Lipinski definition) is 2. The maximum atomic E-state index is 10.8. The molecule has 0 radical (unpaired) electrons. The minimum atomic E-state index is -0.339. The van der Waals surface area contributed by atoms with E-state index in [1.165, 1.54) is 0 Å². The van der Waals surface area contributed by atoms with Crippen molar-refractivity contribution in [3.05, 3.63) is 59.7 Å². The summed E-state index contributed by atoms with van der Waals surface area (Å²) in [7, 11) is 0. The minimum Gasteiger partial charge on any atom is -0.369 e. The summed E-state index contributed by atoms with van der Waals surface area (Å²) >= 11 is 0. The summed E-state index contributed by atoms with van der Waals surface area (Å²) in [4.78, 5) is 21.7. The molecule has 0 fully saturated rings. The van der Waals surface area contributed by atoms with Crippen LogP contribution in [0.3, 0.4) is 0 Å². The van der Waals surface area contributed by atoms with Gasteiger partial charge in [-0.1, -0.05) is 48.5 Å². The average Bonchev–Trinajstić information content (AvgIpc) is 2.39. The third kappa shape index (κ3) is 3.68. The minimum absolute atomic E-state index is 0.248. The molecule has 102 valence electrons. The fraction of sp³-hybridized carbons (Fsp3) is 0.125. The lowest BCUT2D eigenvalue weighted by molar-refractivity contribution is -0.118. The first kappa shape index (κ1) is 13.8. The van der Waals surface area contributed by atoms with Crippen LogP contribution in [0.15, 0.2) is 48.5 Å². The zero-order valence-corrected chi connectivity index (χ0v) is 11.0. The first-order valence-electron chi connectivity index (χ1n) is 6.29. The van der Waals surface area contributed by atoms with E-state index in [0.717, 1.165) is 22.3 Å². The monoisotopic (exact) mass is 268 g/mol. The van der Waals surface area contributed by atoms with Gasteiger partial charge in [0.05, 0.1) is 12.8 Å². The standard InChI is InChI=1S/C16H16N2O2/c17-15(19)9-11-1-5-13(6-2-11)14-7-3-12(4-8-14)10-16(18)20/h1-8H,9-10H2,(H2,17,19)(H2,18,20). The molecule has 0 aliphatic carbocycles. The molecule has 4 nitrogen and oxygen atoms in total. The molecule has 2 aromatic carbocycles. The van der Waals surface area contributed by atoms with Gasteiger partial charge in [-0.3, -0.25) is 9.59 Å². The van der Waals surface area contributed by atoms with Crippen LogP contribution in [0.25, 0.3) is 11.1 Å². The van der Waals surface area contributed by atoms with Gasteiger partial charge < -0.3 is 11.5 Å². The topological polar surface area (TPSA) is 86.2 Å². The fourth-order valence-electron chi connectivity index (χ4n) is 2.03. The van der Waals surface area contributed by atoms with Gasteiger partial charge in [-0.25, -0.2) is 0 Å². The van der Waals surface area contributed by atoms with Crippen LogP contribution in [-0.4, -0.2) is 11.8 Å². The van der Waals surface area contributed by atoms with Crippen molar-refractivity contribution in [2.24, 2.45) is 11.5 Å². The van der Waals surface area contributed by atoms with E-state index in [0.29, 0.717) is 0 Å². The van der Waals surface area contributed by atoms with E-state index in [-0.39, 0.29) is 24.7 Å². The van der Waals surface area contributed by atoms with Crippen molar-refractivity contribution in [1.82, 2.24) is 0 Å². The molecule has 4 heteroatoms. The van der Waals surface area contributed by atoms with Gasteiger partial charge in [0.25, 0.3) is 0 Å². The number of carbonyl (C=O) groups is 2. The highest BCUT2D eigenvalue weighted by molar-refractivity contribution is 5.77. The third-order valence-electron chi connectivity index (χ3n) is 3.00. The van der Waals surface area contributed by atoms with Crippen LogP contribution in [0, 0.1) is 0 Å². The number of primary amides is 2. The second kappa shape index (κ2) is 6.02. The molecule has 2 aromatic rings. The van der Waals surface area contributed by atoms with Gasteiger partial charge >= 0.3 is 0 Å². The van der Waals surface area contributed by atoms with E-state index in [1.54, 1.807) is 0 Å². The maximum absolute atomic E-state index is 10.8. The Morgan fingerprint density at radius 2 is 0.950 bits per heavy atom. The molecule has 0 saturated carbocycles. The molecular weight excluding hydrogens is 252 g/mol. The lowest BCUT2D eigenvalue weighted by Crippen LogP contribution is -2.13. The van der Waals surface area contributed by atoms with E-state index >= 15 is 0 Å². The Morgan fingerprint density at radius 1 is 0.650 bits per heavy atom. The molecule has 0 saturated heterocycles. The number of rotatable bonds is 5. The summed E-state index contributed by atoms with van der Waals surface area (Å²) in [5.41, 5.74) is 14.2. The van der Waals surface area contributed by atoms with Gasteiger partial charge in [-0.2, -0.15) is 0 Å². The number of hydrogen-bond acceptors (Lipinski definition) is 2. The smallest absolute Gasteiger partial charge is 0.221 e. The average molecular weight is 268 g/mol. The molecule has 2 amide bonds. The van der Waals surface area contributed by atoms with Gasteiger partial charge in [-0.15, -0.1) is 0 Å². The molecule has 20 heavy (non-hydrogen) atoms. The highest BCUT2D eigenvalue weighted by Crippen LogP contribution is 2.20. The molecule has 0 aliphatic heterocycles. The summed E-state index contributed by atoms with van der Waals surface area (Å²) in [6.45, 7) is 0. The molecule has 0 aromatic heterocycles.